The maximum absolute atomic E-state index is 11.4. The Balaban J connectivity index is 2.18. The van der Waals surface area contributed by atoms with E-state index in [0.717, 1.165) is 0 Å². The average Bonchev–Trinajstić information content (AvgIpc) is 2.67. The van der Waals surface area contributed by atoms with Crippen LogP contribution in [0.25, 0.3) is 11.2 Å². The smallest absolute Gasteiger partial charge is 0.327 e. The summed E-state index contributed by atoms with van der Waals surface area (Å²) in [7, 11) is 1.62. The van der Waals surface area contributed by atoms with Gasteiger partial charge in [-0.3, -0.25) is 14.8 Å². The number of ether oxygens (including phenoxy) is 1. The molecule has 0 radical (unpaired) electrons. The summed E-state index contributed by atoms with van der Waals surface area (Å²) < 4.78 is 4.88. The number of aromatic amines is 3. The maximum atomic E-state index is 11.4. The van der Waals surface area contributed by atoms with E-state index in [2.05, 4.69) is 25.3 Å². The Kier molecular flexibility index (Phi) is 3.35. The highest BCUT2D eigenvalue weighted by Gasteiger charge is 2.06. The highest BCUT2D eigenvalue weighted by molar-refractivity contribution is 5.68. The predicted molar refractivity (Wildman–Crippen MR) is 60.9 cm³/mol. The van der Waals surface area contributed by atoms with Crippen molar-refractivity contribution in [2.75, 3.05) is 20.3 Å². The van der Waals surface area contributed by atoms with Gasteiger partial charge in [0.2, 0.25) is 0 Å². The molecular weight excluding hydrogens is 226 g/mol. The molecule has 0 aliphatic carbocycles. The van der Waals surface area contributed by atoms with Crippen LogP contribution in [-0.4, -0.2) is 40.2 Å². The lowest BCUT2D eigenvalue weighted by Gasteiger charge is -1.99. The zero-order chi connectivity index (χ0) is 12.3. The Labute approximate surface area is 95.4 Å². The summed E-state index contributed by atoms with van der Waals surface area (Å²) in [5.74, 6) is 0.587. The van der Waals surface area contributed by atoms with E-state index in [-0.39, 0.29) is 11.2 Å². The van der Waals surface area contributed by atoms with Crippen LogP contribution < -0.4 is 16.6 Å². The molecule has 0 aliphatic rings. The molecule has 0 bridgehead atoms. The molecule has 2 heterocycles. The first-order valence-electron chi connectivity index (χ1n) is 5.11. The highest BCUT2D eigenvalue weighted by Crippen LogP contribution is 2.00. The van der Waals surface area contributed by atoms with Gasteiger partial charge < -0.3 is 15.0 Å². The van der Waals surface area contributed by atoms with Crippen molar-refractivity contribution in [3.63, 3.8) is 0 Å². The van der Waals surface area contributed by atoms with Crippen molar-refractivity contribution in [3.8, 4) is 0 Å². The molecule has 2 aromatic heterocycles. The summed E-state index contributed by atoms with van der Waals surface area (Å²) in [5, 5.41) is 3.07. The molecule has 4 N–H and O–H groups in total. The van der Waals surface area contributed by atoms with Crippen LogP contribution in [0.5, 0.6) is 0 Å². The molecule has 2 aromatic rings. The van der Waals surface area contributed by atoms with Crippen molar-refractivity contribution >= 4 is 11.2 Å². The van der Waals surface area contributed by atoms with Gasteiger partial charge in [0.05, 0.1) is 13.2 Å². The second-order valence-electron chi connectivity index (χ2n) is 3.48. The van der Waals surface area contributed by atoms with Gasteiger partial charge in [-0.25, -0.2) is 9.78 Å². The third kappa shape index (κ3) is 2.60. The van der Waals surface area contributed by atoms with E-state index in [0.29, 0.717) is 25.5 Å². The van der Waals surface area contributed by atoms with Crippen LogP contribution in [0.15, 0.2) is 9.59 Å². The molecule has 17 heavy (non-hydrogen) atoms. The minimum Gasteiger partial charge on any atom is -0.383 e. The average molecular weight is 239 g/mol. The van der Waals surface area contributed by atoms with Gasteiger partial charge in [-0.1, -0.05) is 0 Å². The Morgan fingerprint density at radius 1 is 1.29 bits per heavy atom. The summed E-state index contributed by atoms with van der Waals surface area (Å²) in [6, 6.07) is 0. The molecule has 2 rings (SSSR count). The molecule has 0 saturated heterocycles. The molecule has 0 aliphatic heterocycles. The number of methoxy groups -OCH3 is 1. The van der Waals surface area contributed by atoms with Gasteiger partial charge in [-0.2, -0.15) is 0 Å². The van der Waals surface area contributed by atoms with Crippen molar-refractivity contribution in [2.24, 2.45) is 0 Å². The second-order valence-corrected chi connectivity index (χ2v) is 3.48. The minimum absolute atomic E-state index is 0.266. The first-order valence-corrected chi connectivity index (χ1v) is 5.11. The minimum atomic E-state index is -0.562. The molecular formula is C9H13N5O3. The zero-order valence-electron chi connectivity index (χ0n) is 9.29. The standard InChI is InChI=1S/C9H13N5O3/c1-17-3-2-10-4-5-11-6-7(12-5)13-9(16)14-8(6)15/h10H,2-4H2,1H3,(H3,11,12,13,14,15,16). The lowest BCUT2D eigenvalue weighted by Crippen LogP contribution is -2.21. The van der Waals surface area contributed by atoms with Crippen molar-refractivity contribution in [1.29, 1.82) is 0 Å². The number of nitrogens with one attached hydrogen (secondary N) is 4. The Hall–Kier alpha value is -1.93. The molecule has 8 heteroatoms. The van der Waals surface area contributed by atoms with Gasteiger partial charge in [-0.15, -0.1) is 0 Å². The lowest BCUT2D eigenvalue weighted by molar-refractivity contribution is 0.199. The lowest BCUT2D eigenvalue weighted by atomic mass is 10.5. The van der Waals surface area contributed by atoms with Gasteiger partial charge in [0, 0.05) is 13.7 Å². The highest BCUT2D eigenvalue weighted by atomic mass is 16.5. The molecule has 0 aromatic carbocycles. The molecule has 0 atom stereocenters. The monoisotopic (exact) mass is 239 g/mol. The number of H-pyrrole nitrogens is 3. The molecule has 0 amide bonds. The van der Waals surface area contributed by atoms with Gasteiger partial charge in [0.25, 0.3) is 5.56 Å². The molecule has 92 valence electrons. The van der Waals surface area contributed by atoms with Crippen molar-refractivity contribution in [3.05, 3.63) is 26.7 Å². The van der Waals surface area contributed by atoms with Crippen LogP contribution in [0.3, 0.4) is 0 Å². The fourth-order valence-corrected chi connectivity index (χ4v) is 1.45. The predicted octanol–water partition coefficient (Wildman–Crippen LogP) is -1.32. The zero-order valence-corrected chi connectivity index (χ0v) is 9.29. The number of nitrogens with zero attached hydrogens (tertiary/aromatic N) is 1. The fraction of sp³-hybridized carbons (Fsp3) is 0.444. The third-order valence-corrected chi connectivity index (χ3v) is 2.21. The first-order chi connectivity index (χ1) is 8.20. The van der Waals surface area contributed by atoms with E-state index in [1.807, 2.05) is 0 Å². The van der Waals surface area contributed by atoms with Gasteiger partial charge >= 0.3 is 5.69 Å². The topological polar surface area (TPSA) is 116 Å². The summed E-state index contributed by atoms with van der Waals surface area (Å²) in [5.41, 5.74) is -0.497. The Bertz CT molecular complexity index is 611. The summed E-state index contributed by atoms with van der Waals surface area (Å²) in [4.78, 5) is 33.9. The van der Waals surface area contributed by atoms with Crippen LogP contribution in [0, 0.1) is 0 Å². The third-order valence-electron chi connectivity index (χ3n) is 2.21. The molecule has 0 unspecified atom stereocenters. The van der Waals surface area contributed by atoms with Crippen LogP contribution in [0.4, 0.5) is 0 Å². The number of rotatable bonds is 5. The van der Waals surface area contributed by atoms with Gasteiger partial charge in [-0.05, 0) is 0 Å². The second kappa shape index (κ2) is 4.93. The van der Waals surface area contributed by atoms with E-state index in [9.17, 15) is 9.59 Å². The molecule has 0 fully saturated rings. The van der Waals surface area contributed by atoms with E-state index in [1.165, 1.54) is 0 Å². The summed E-state index contributed by atoms with van der Waals surface area (Å²) in [6.45, 7) is 1.75. The van der Waals surface area contributed by atoms with Crippen LogP contribution in [0.1, 0.15) is 5.82 Å². The normalized spacial score (nSPS) is 11.1. The number of imidazole rings is 1. The quantitative estimate of drug-likeness (QED) is 0.483. The molecule has 8 nitrogen and oxygen atoms in total. The SMILES string of the molecule is COCCNCc1nc2[nH]c(=O)[nH]c(=O)c2[nH]1. The summed E-state index contributed by atoms with van der Waals surface area (Å²) >= 11 is 0. The fourth-order valence-electron chi connectivity index (χ4n) is 1.45. The number of hydrogen-bond donors (Lipinski definition) is 4. The van der Waals surface area contributed by atoms with Crippen molar-refractivity contribution in [1.82, 2.24) is 25.3 Å². The van der Waals surface area contributed by atoms with E-state index < -0.39 is 11.2 Å². The van der Waals surface area contributed by atoms with E-state index in [4.69, 9.17) is 4.74 Å². The molecule has 0 spiro atoms. The maximum Gasteiger partial charge on any atom is 0.327 e. The van der Waals surface area contributed by atoms with Gasteiger partial charge in [0.1, 0.15) is 11.3 Å². The van der Waals surface area contributed by atoms with Crippen molar-refractivity contribution in [2.45, 2.75) is 6.54 Å². The first kappa shape index (κ1) is 11.6. The largest absolute Gasteiger partial charge is 0.383 e. The van der Waals surface area contributed by atoms with E-state index >= 15 is 0 Å². The van der Waals surface area contributed by atoms with Gasteiger partial charge in [0.15, 0.2) is 5.65 Å². The Morgan fingerprint density at radius 3 is 2.88 bits per heavy atom. The van der Waals surface area contributed by atoms with Crippen LogP contribution in [0.2, 0.25) is 0 Å². The number of aromatic nitrogens is 4. The number of hydrogen-bond acceptors (Lipinski definition) is 5. The molecule has 0 saturated carbocycles. The van der Waals surface area contributed by atoms with Crippen LogP contribution >= 0.6 is 0 Å². The van der Waals surface area contributed by atoms with E-state index in [1.54, 1.807) is 7.11 Å². The van der Waals surface area contributed by atoms with Crippen LogP contribution in [-0.2, 0) is 11.3 Å². The Morgan fingerprint density at radius 2 is 2.12 bits per heavy atom. The van der Waals surface area contributed by atoms with Crippen molar-refractivity contribution < 1.29 is 4.74 Å². The number of fused-ring (bicyclic) bond motifs is 1. The summed E-state index contributed by atoms with van der Waals surface area (Å²) in [6.07, 6.45) is 0.